The lowest BCUT2D eigenvalue weighted by Gasteiger charge is -2.34. The lowest BCUT2D eigenvalue weighted by Crippen LogP contribution is -2.46. The van der Waals surface area contributed by atoms with Crippen molar-refractivity contribution in [2.45, 2.75) is 26.2 Å². The highest BCUT2D eigenvalue weighted by atomic mass is 127. The third-order valence-electron chi connectivity index (χ3n) is 3.28. The molecule has 16 heavy (non-hydrogen) atoms. The smallest absolute Gasteiger partial charge is 0.191 e. The van der Waals surface area contributed by atoms with E-state index in [4.69, 9.17) is 4.74 Å². The summed E-state index contributed by atoms with van der Waals surface area (Å²) in [4.78, 5) is 4.41. The molecule has 0 saturated carbocycles. The number of rotatable bonds is 2. The molecule has 0 amide bonds. The van der Waals surface area contributed by atoms with Gasteiger partial charge >= 0.3 is 0 Å². The Kier molecular flexibility index (Phi) is 5.82. The highest BCUT2D eigenvalue weighted by Crippen LogP contribution is 2.28. The molecule has 2 aliphatic rings. The third-order valence-corrected chi connectivity index (χ3v) is 3.28. The summed E-state index contributed by atoms with van der Waals surface area (Å²) in [7, 11) is 0. The molecule has 0 atom stereocenters. The standard InChI is InChI=1S/C11H21N3O.HI/c1-11(3-7-15-8-4-11)9-14-10-12-5-2-6-13-10;/h2-9H2,1H3,(H2,12,13,14);1H. The Labute approximate surface area is 115 Å². The second kappa shape index (κ2) is 6.64. The number of guanidine groups is 1. The van der Waals surface area contributed by atoms with Gasteiger partial charge in [-0.2, -0.15) is 0 Å². The van der Waals surface area contributed by atoms with Gasteiger partial charge in [0.2, 0.25) is 0 Å². The molecule has 4 nitrogen and oxygen atoms in total. The first-order valence-corrected chi connectivity index (χ1v) is 5.88. The summed E-state index contributed by atoms with van der Waals surface area (Å²) < 4.78 is 5.38. The molecule has 5 heteroatoms. The van der Waals surface area contributed by atoms with Crippen LogP contribution < -0.4 is 10.6 Å². The minimum atomic E-state index is 0. The number of hydrogen-bond acceptors (Lipinski definition) is 4. The van der Waals surface area contributed by atoms with E-state index in [2.05, 4.69) is 22.5 Å². The SMILES string of the molecule is CC1(CNC2=NCCCN2)CCOCC1.I. The van der Waals surface area contributed by atoms with Crippen molar-refractivity contribution in [2.75, 3.05) is 32.8 Å². The van der Waals surface area contributed by atoms with Crippen molar-refractivity contribution < 1.29 is 4.74 Å². The zero-order valence-electron chi connectivity index (χ0n) is 9.92. The van der Waals surface area contributed by atoms with Gasteiger partial charge in [-0.3, -0.25) is 4.99 Å². The van der Waals surface area contributed by atoms with E-state index >= 15 is 0 Å². The summed E-state index contributed by atoms with van der Waals surface area (Å²) in [6.45, 7) is 7.13. The molecular formula is C11H22IN3O. The Hall–Kier alpha value is -0.0400. The third kappa shape index (κ3) is 4.08. The number of ether oxygens (including phenoxy) is 1. The fourth-order valence-electron chi connectivity index (χ4n) is 1.99. The van der Waals surface area contributed by atoms with Crippen LogP contribution in [0.1, 0.15) is 26.2 Å². The van der Waals surface area contributed by atoms with E-state index in [0.29, 0.717) is 5.41 Å². The maximum Gasteiger partial charge on any atom is 0.191 e. The van der Waals surface area contributed by atoms with Crippen molar-refractivity contribution in [3.63, 3.8) is 0 Å². The first-order chi connectivity index (χ1) is 7.29. The summed E-state index contributed by atoms with van der Waals surface area (Å²) in [5, 5.41) is 6.70. The maximum atomic E-state index is 5.38. The van der Waals surface area contributed by atoms with Gasteiger partial charge in [-0.05, 0) is 24.7 Å². The van der Waals surface area contributed by atoms with E-state index < -0.39 is 0 Å². The fourth-order valence-corrected chi connectivity index (χ4v) is 1.99. The highest BCUT2D eigenvalue weighted by molar-refractivity contribution is 14.0. The van der Waals surface area contributed by atoms with E-state index in [9.17, 15) is 0 Å². The first kappa shape index (κ1) is 14.0. The Bertz CT molecular complexity index is 239. The van der Waals surface area contributed by atoms with Crippen molar-refractivity contribution in [2.24, 2.45) is 10.4 Å². The fraction of sp³-hybridized carbons (Fsp3) is 0.909. The van der Waals surface area contributed by atoms with E-state index in [1.165, 1.54) is 0 Å². The maximum absolute atomic E-state index is 5.38. The molecule has 2 rings (SSSR count). The van der Waals surface area contributed by atoms with Crippen LogP contribution in [0.3, 0.4) is 0 Å². The number of aliphatic imine (C=N–C) groups is 1. The van der Waals surface area contributed by atoms with Crippen LogP contribution in [0, 0.1) is 5.41 Å². The van der Waals surface area contributed by atoms with Crippen LogP contribution in [0.5, 0.6) is 0 Å². The molecular weight excluding hydrogens is 317 g/mol. The molecule has 0 unspecified atom stereocenters. The average molecular weight is 339 g/mol. The van der Waals surface area contributed by atoms with Gasteiger partial charge in [0.25, 0.3) is 0 Å². The van der Waals surface area contributed by atoms with Gasteiger partial charge in [0.1, 0.15) is 0 Å². The number of hydrogen-bond donors (Lipinski definition) is 2. The minimum absolute atomic E-state index is 0. The molecule has 2 aliphatic heterocycles. The minimum Gasteiger partial charge on any atom is -0.381 e. The monoisotopic (exact) mass is 339 g/mol. The molecule has 0 aromatic carbocycles. The molecule has 2 heterocycles. The van der Waals surface area contributed by atoms with Crippen molar-refractivity contribution in [1.82, 2.24) is 10.6 Å². The second-order valence-corrected chi connectivity index (χ2v) is 4.79. The number of halogens is 1. The second-order valence-electron chi connectivity index (χ2n) is 4.79. The Morgan fingerprint density at radius 1 is 1.44 bits per heavy atom. The van der Waals surface area contributed by atoms with Crippen molar-refractivity contribution in [3.8, 4) is 0 Å². The lowest BCUT2D eigenvalue weighted by atomic mass is 9.82. The molecule has 94 valence electrons. The molecule has 0 aromatic rings. The van der Waals surface area contributed by atoms with E-state index in [1.54, 1.807) is 0 Å². The Morgan fingerprint density at radius 3 is 2.81 bits per heavy atom. The van der Waals surface area contributed by atoms with Gasteiger partial charge in [-0.25, -0.2) is 0 Å². The van der Waals surface area contributed by atoms with Crippen LogP contribution in [-0.4, -0.2) is 38.8 Å². The zero-order chi connectivity index (χ0) is 10.6. The Balaban J connectivity index is 0.00000128. The topological polar surface area (TPSA) is 45.7 Å². The first-order valence-electron chi connectivity index (χ1n) is 5.88. The van der Waals surface area contributed by atoms with Crippen molar-refractivity contribution >= 4 is 29.9 Å². The normalized spacial score (nSPS) is 23.7. The van der Waals surface area contributed by atoms with Crippen LogP contribution in [0.25, 0.3) is 0 Å². The van der Waals surface area contributed by atoms with Crippen molar-refractivity contribution in [1.29, 1.82) is 0 Å². The van der Waals surface area contributed by atoms with E-state index in [1.807, 2.05) is 0 Å². The molecule has 1 fully saturated rings. The predicted molar refractivity (Wildman–Crippen MR) is 76.5 cm³/mol. The molecule has 0 radical (unpaired) electrons. The predicted octanol–water partition coefficient (Wildman–Crippen LogP) is 1.36. The van der Waals surface area contributed by atoms with Crippen molar-refractivity contribution in [3.05, 3.63) is 0 Å². The van der Waals surface area contributed by atoms with Gasteiger partial charge in [-0.1, -0.05) is 6.92 Å². The van der Waals surface area contributed by atoms with Crippen LogP contribution in [0.15, 0.2) is 4.99 Å². The molecule has 0 aromatic heterocycles. The molecule has 0 spiro atoms. The van der Waals surface area contributed by atoms with E-state index in [-0.39, 0.29) is 24.0 Å². The zero-order valence-corrected chi connectivity index (χ0v) is 12.3. The van der Waals surface area contributed by atoms with Crippen LogP contribution >= 0.6 is 24.0 Å². The Morgan fingerprint density at radius 2 is 2.19 bits per heavy atom. The average Bonchev–Trinajstić information content (AvgIpc) is 2.29. The van der Waals surface area contributed by atoms with E-state index in [0.717, 1.165) is 58.1 Å². The molecule has 1 saturated heterocycles. The number of nitrogens with zero attached hydrogens (tertiary/aromatic N) is 1. The molecule has 0 aliphatic carbocycles. The van der Waals surface area contributed by atoms with Gasteiger partial charge in [0.05, 0.1) is 0 Å². The largest absolute Gasteiger partial charge is 0.381 e. The summed E-state index contributed by atoms with van der Waals surface area (Å²) in [5.74, 6) is 0.981. The molecule has 0 bridgehead atoms. The summed E-state index contributed by atoms with van der Waals surface area (Å²) in [5.41, 5.74) is 0.375. The summed E-state index contributed by atoms with van der Waals surface area (Å²) in [6, 6.07) is 0. The molecule has 2 N–H and O–H groups in total. The van der Waals surface area contributed by atoms with Crippen LogP contribution in [0.2, 0.25) is 0 Å². The van der Waals surface area contributed by atoms with Crippen LogP contribution in [-0.2, 0) is 4.74 Å². The van der Waals surface area contributed by atoms with Gasteiger partial charge < -0.3 is 15.4 Å². The van der Waals surface area contributed by atoms with Gasteiger partial charge in [0, 0.05) is 32.8 Å². The number of nitrogens with one attached hydrogen (secondary N) is 2. The lowest BCUT2D eigenvalue weighted by molar-refractivity contribution is 0.0260. The quantitative estimate of drug-likeness (QED) is 0.747. The highest BCUT2D eigenvalue weighted by Gasteiger charge is 2.27. The van der Waals surface area contributed by atoms with Gasteiger partial charge in [0.15, 0.2) is 5.96 Å². The van der Waals surface area contributed by atoms with Crippen LogP contribution in [0.4, 0.5) is 0 Å². The summed E-state index contributed by atoms with van der Waals surface area (Å²) in [6.07, 6.45) is 3.44. The summed E-state index contributed by atoms with van der Waals surface area (Å²) >= 11 is 0. The van der Waals surface area contributed by atoms with Gasteiger partial charge in [-0.15, -0.1) is 24.0 Å².